The quantitative estimate of drug-likeness (QED) is 0.552. The first-order valence-corrected chi connectivity index (χ1v) is 6.65. The summed E-state index contributed by atoms with van der Waals surface area (Å²) >= 11 is 5.21. The highest BCUT2D eigenvalue weighted by molar-refractivity contribution is 7.80. The van der Waals surface area contributed by atoms with E-state index < -0.39 is 0 Å². The fourth-order valence-corrected chi connectivity index (χ4v) is 2.42. The molecule has 0 heterocycles. The molecule has 0 radical (unpaired) electrons. The molecule has 0 bridgehead atoms. The molecule has 1 aliphatic carbocycles. The van der Waals surface area contributed by atoms with Gasteiger partial charge in [0, 0.05) is 26.8 Å². The zero-order valence-electron chi connectivity index (χ0n) is 10.4. The Morgan fingerprint density at radius 2 is 2.19 bits per heavy atom. The molecule has 94 valence electrons. The molecule has 0 aromatic carbocycles. The van der Waals surface area contributed by atoms with Gasteiger partial charge in [0.05, 0.1) is 0 Å². The van der Waals surface area contributed by atoms with E-state index in [2.05, 4.69) is 17.6 Å². The van der Waals surface area contributed by atoms with Gasteiger partial charge in [-0.1, -0.05) is 19.8 Å². The van der Waals surface area contributed by atoms with E-state index in [1.54, 1.807) is 7.11 Å². The smallest absolute Gasteiger partial charge is 0.166 e. The summed E-state index contributed by atoms with van der Waals surface area (Å²) in [6.45, 7) is 5.04. The molecule has 16 heavy (non-hydrogen) atoms. The maximum absolute atomic E-state index is 5.21. The first-order chi connectivity index (χ1) is 7.74. The lowest BCUT2D eigenvalue weighted by Gasteiger charge is -2.17. The Morgan fingerprint density at radius 1 is 1.38 bits per heavy atom. The molecule has 0 amide bonds. The SMILES string of the molecule is COCCCNC(=S)NCC1CCCC1C. The second-order valence-electron chi connectivity index (χ2n) is 4.65. The maximum Gasteiger partial charge on any atom is 0.166 e. The van der Waals surface area contributed by atoms with Crippen LogP contribution in [-0.2, 0) is 4.74 Å². The molecule has 3 nitrogen and oxygen atoms in total. The minimum Gasteiger partial charge on any atom is -0.385 e. The van der Waals surface area contributed by atoms with Gasteiger partial charge in [0.1, 0.15) is 0 Å². The van der Waals surface area contributed by atoms with Gasteiger partial charge >= 0.3 is 0 Å². The summed E-state index contributed by atoms with van der Waals surface area (Å²) in [5, 5.41) is 7.30. The van der Waals surface area contributed by atoms with Crippen molar-refractivity contribution in [3.8, 4) is 0 Å². The van der Waals surface area contributed by atoms with Gasteiger partial charge in [-0.15, -0.1) is 0 Å². The van der Waals surface area contributed by atoms with E-state index in [0.29, 0.717) is 0 Å². The summed E-state index contributed by atoms with van der Waals surface area (Å²) < 4.78 is 4.98. The second-order valence-corrected chi connectivity index (χ2v) is 5.06. The Labute approximate surface area is 104 Å². The zero-order chi connectivity index (χ0) is 11.8. The third-order valence-corrected chi connectivity index (χ3v) is 3.66. The Hall–Kier alpha value is -0.350. The summed E-state index contributed by atoms with van der Waals surface area (Å²) in [7, 11) is 1.72. The number of nitrogens with one attached hydrogen (secondary N) is 2. The summed E-state index contributed by atoms with van der Waals surface area (Å²) in [5.74, 6) is 1.66. The monoisotopic (exact) mass is 244 g/mol. The molecule has 1 rings (SSSR count). The predicted molar refractivity (Wildman–Crippen MR) is 71.6 cm³/mol. The molecule has 0 spiro atoms. The van der Waals surface area contributed by atoms with E-state index in [0.717, 1.165) is 43.1 Å². The molecule has 1 fully saturated rings. The van der Waals surface area contributed by atoms with E-state index in [1.807, 2.05) is 0 Å². The average molecular weight is 244 g/mol. The van der Waals surface area contributed by atoms with Crippen LogP contribution in [0.3, 0.4) is 0 Å². The number of thiocarbonyl (C=S) groups is 1. The molecule has 0 aromatic rings. The Morgan fingerprint density at radius 3 is 2.81 bits per heavy atom. The molecular formula is C12H24N2OS. The van der Waals surface area contributed by atoms with Gasteiger partial charge in [-0.05, 0) is 36.9 Å². The molecule has 0 saturated heterocycles. The maximum atomic E-state index is 5.21. The normalized spacial score (nSPS) is 24.4. The van der Waals surface area contributed by atoms with Crippen LogP contribution in [0.25, 0.3) is 0 Å². The topological polar surface area (TPSA) is 33.3 Å². The standard InChI is InChI=1S/C12H24N2OS/c1-10-5-3-6-11(10)9-14-12(16)13-7-4-8-15-2/h10-11H,3-9H2,1-2H3,(H2,13,14,16). The highest BCUT2D eigenvalue weighted by atomic mass is 32.1. The third-order valence-electron chi connectivity index (χ3n) is 3.37. The first-order valence-electron chi connectivity index (χ1n) is 6.24. The molecule has 0 aromatic heterocycles. The fourth-order valence-electron chi connectivity index (χ4n) is 2.23. The number of methoxy groups -OCH3 is 1. The predicted octanol–water partition coefficient (Wildman–Crippen LogP) is 1.92. The first kappa shape index (κ1) is 13.7. The Bertz CT molecular complexity index is 211. The lowest BCUT2D eigenvalue weighted by molar-refractivity contribution is 0.195. The van der Waals surface area contributed by atoms with Gasteiger partial charge in [0.15, 0.2) is 5.11 Å². The minimum atomic E-state index is 0.787. The molecule has 2 unspecified atom stereocenters. The largest absolute Gasteiger partial charge is 0.385 e. The third kappa shape index (κ3) is 5.12. The summed E-state index contributed by atoms with van der Waals surface area (Å²) in [5.41, 5.74) is 0. The van der Waals surface area contributed by atoms with Crippen LogP contribution in [-0.4, -0.2) is 31.9 Å². The van der Waals surface area contributed by atoms with Crippen LogP contribution >= 0.6 is 12.2 Å². The van der Waals surface area contributed by atoms with Gasteiger partial charge in [0.2, 0.25) is 0 Å². The molecule has 4 heteroatoms. The van der Waals surface area contributed by atoms with E-state index in [-0.39, 0.29) is 0 Å². The zero-order valence-corrected chi connectivity index (χ0v) is 11.2. The van der Waals surface area contributed by atoms with Crippen LogP contribution < -0.4 is 10.6 Å². The molecule has 1 saturated carbocycles. The van der Waals surface area contributed by atoms with Crippen LogP contribution in [0.1, 0.15) is 32.6 Å². The van der Waals surface area contributed by atoms with Crippen LogP contribution in [0.2, 0.25) is 0 Å². The van der Waals surface area contributed by atoms with Crippen molar-refractivity contribution < 1.29 is 4.74 Å². The highest BCUT2D eigenvalue weighted by Gasteiger charge is 2.22. The van der Waals surface area contributed by atoms with Crippen LogP contribution in [0, 0.1) is 11.8 Å². The van der Waals surface area contributed by atoms with Crippen molar-refractivity contribution in [1.82, 2.24) is 10.6 Å². The fraction of sp³-hybridized carbons (Fsp3) is 0.917. The second kappa shape index (κ2) is 7.85. The van der Waals surface area contributed by atoms with Gasteiger partial charge in [-0.3, -0.25) is 0 Å². The summed E-state index contributed by atoms with van der Waals surface area (Å²) in [6.07, 6.45) is 5.10. The summed E-state index contributed by atoms with van der Waals surface area (Å²) in [6, 6.07) is 0. The molecule has 1 aliphatic rings. The van der Waals surface area contributed by atoms with E-state index in [9.17, 15) is 0 Å². The van der Waals surface area contributed by atoms with Gasteiger partial charge in [-0.2, -0.15) is 0 Å². The number of hydrogen-bond acceptors (Lipinski definition) is 2. The van der Waals surface area contributed by atoms with Crippen molar-refractivity contribution in [1.29, 1.82) is 0 Å². The van der Waals surface area contributed by atoms with Crippen molar-refractivity contribution in [2.75, 3.05) is 26.8 Å². The molecule has 2 N–H and O–H groups in total. The van der Waals surface area contributed by atoms with Crippen LogP contribution in [0.15, 0.2) is 0 Å². The van der Waals surface area contributed by atoms with Crippen molar-refractivity contribution in [3.63, 3.8) is 0 Å². The van der Waals surface area contributed by atoms with Gasteiger partial charge in [-0.25, -0.2) is 0 Å². The van der Waals surface area contributed by atoms with Crippen LogP contribution in [0.5, 0.6) is 0 Å². The van der Waals surface area contributed by atoms with Crippen molar-refractivity contribution >= 4 is 17.3 Å². The highest BCUT2D eigenvalue weighted by Crippen LogP contribution is 2.30. The van der Waals surface area contributed by atoms with Crippen molar-refractivity contribution in [3.05, 3.63) is 0 Å². The number of ether oxygens (including phenoxy) is 1. The van der Waals surface area contributed by atoms with E-state index in [1.165, 1.54) is 19.3 Å². The van der Waals surface area contributed by atoms with Crippen molar-refractivity contribution in [2.45, 2.75) is 32.6 Å². The van der Waals surface area contributed by atoms with E-state index in [4.69, 9.17) is 17.0 Å². The Kier molecular flexibility index (Phi) is 6.73. The minimum absolute atomic E-state index is 0.787. The average Bonchev–Trinajstić information content (AvgIpc) is 2.67. The van der Waals surface area contributed by atoms with Gasteiger partial charge < -0.3 is 15.4 Å². The molecular weight excluding hydrogens is 220 g/mol. The lowest BCUT2D eigenvalue weighted by Crippen LogP contribution is -2.39. The Balaban J connectivity index is 2.01. The molecule has 2 atom stereocenters. The van der Waals surface area contributed by atoms with Crippen LogP contribution in [0.4, 0.5) is 0 Å². The van der Waals surface area contributed by atoms with Crippen molar-refractivity contribution in [2.24, 2.45) is 11.8 Å². The number of rotatable bonds is 6. The summed E-state index contributed by atoms with van der Waals surface area (Å²) in [4.78, 5) is 0. The van der Waals surface area contributed by atoms with Gasteiger partial charge in [0.25, 0.3) is 0 Å². The lowest BCUT2D eigenvalue weighted by atomic mass is 9.98. The molecule has 0 aliphatic heterocycles. The van der Waals surface area contributed by atoms with E-state index >= 15 is 0 Å². The number of hydrogen-bond donors (Lipinski definition) is 2.